The first-order chi connectivity index (χ1) is 20.3. The summed E-state index contributed by atoms with van der Waals surface area (Å²) >= 11 is 0. The van der Waals surface area contributed by atoms with Gasteiger partial charge >= 0.3 is 0 Å². The number of hydrogen-bond acceptors (Lipinski definition) is 6. The second-order valence-corrected chi connectivity index (χ2v) is 12.0. The smallest absolute Gasteiger partial charge is 0.265 e. The van der Waals surface area contributed by atoms with Crippen molar-refractivity contribution in [1.29, 1.82) is 5.26 Å². The van der Waals surface area contributed by atoms with E-state index in [1.165, 1.54) is 0 Å². The van der Waals surface area contributed by atoms with Crippen LogP contribution in [0.25, 0.3) is 27.6 Å². The van der Waals surface area contributed by atoms with E-state index < -0.39 is 10.0 Å². The third-order valence-electron chi connectivity index (χ3n) is 7.64. The van der Waals surface area contributed by atoms with Crippen LogP contribution in [0.5, 0.6) is 0 Å². The van der Waals surface area contributed by atoms with Crippen molar-refractivity contribution in [1.82, 2.24) is 19.3 Å². The van der Waals surface area contributed by atoms with Crippen LogP contribution in [0.3, 0.4) is 0 Å². The Balaban J connectivity index is 1.47. The van der Waals surface area contributed by atoms with Gasteiger partial charge in [-0.15, -0.1) is 0 Å². The third-order valence-corrected chi connectivity index (χ3v) is 9.02. The van der Waals surface area contributed by atoms with E-state index in [0.29, 0.717) is 29.1 Å². The molecular formula is C32H30N6O3S. The molecule has 0 amide bonds. The number of unbranched alkanes of at least 4 members (excludes halogenated alkanes) is 1. The average molecular weight is 579 g/mol. The number of aryl methyl sites for hydroxylation is 2. The van der Waals surface area contributed by atoms with Crippen molar-refractivity contribution in [3.05, 3.63) is 101 Å². The molecule has 212 valence electrons. The Hall–Kier alpha value is -4.88. The van der Waals surface area contributed by atoms with Crippen LogP contribution in [0.15, 0.2) is 82.3 Å². The lowest BCUT2D eigenvalue weighted by Crippen LogP contribution is -2.16. The summed E-state index contributed by atoms with van der Waals surface area (Å²) in [7, 11) is -4.00. The molecule has 9 nitrogen and oxygen atoms in total. The summed E-state index contributed by atoms with van der Waals surface area (Å²) in [6.45, 7) is 6.19. The predicted octanol–water partition coefficient (Wildman–Crippen LogP) is 6.65. The maximum absolute atomic E-state index is 13.7. The van der Waals surface area contributed by atoms with Gasteiger partial charge in [-0.2, -0.15) is 5.26 Å². The SMILES string of the molecule is CCCCc1nc2cc(C#N)ccc2n1Cc1cn(-c2ccccc2S(=O)(=O)Nc2noc(C)c2C)c2ccccc12. The van der Waals surface area contributed by atoms with Gasteiger partial charge in [0.25, 0.3) is 10.0 Å². The molecule has 0 radical (unpaired) electrons. The summed E-state index contributed by atoms with van der Waals surface area (Å²) in [5.74, 6) is 1.69. The number of para-hydroxylation sites is 2. The number of aromatic nitrogens is 4. The molecule has 6 aromatic rings. The molecule has 0 spiro atoms. The summed E-state index contributed by atoms with van der Waals surface area (Å²) in [5, 5.41) is 14.3. The van der Waals surface area contributed by atoms with E-state index in [1.807, 2.05) is 53.2 Å². The molecule has 3 aromatic heterocycles. The fraction of sp³-hybridized carbons (Fsp3) is 0.219. The van der Waals surface area contributed by atoms with Crippen molar-refractivity contribution in [2.45, 2.75) is 51.5 Å². The molecule has 1 N–H and O–H groups in total. The van der Waals surface area contributed by atoms with Crippen molar-refractivity contribution < 1.29 is 12.9 Å². The van der Waals surface area contributed by atoms with Gasteiger partial charge in [0.15, 0.2) is 5.82 Å². The van der Waals surface area contributed by atoms with Crippen LogP contribution in [0, 0.1) is 25.2 Å². The maximum Gasteiger partial charge on any atom is 0.265 e. The first kappa shape index (κ1) is 27.3. The summed E-state index contributed by atoms with van der Waals surface area (Å²) in [5.41, 5.74) is 5.40. The Labute approximate surface area is 244 Å². The molecule has 0 saturated heterocycles. The Morgan fingerprint density at radius 2 is 1.81 bits per heavy atom. The number of imidazole rings is 1. The second-order valence-electron chi connectivity index (χ2n) is 10.4. The van der Waals surface area contributed by atoms with Crippen molar-refractivity contribution in [2.24, 2.45) is 0 Å². The van der Waals surface area contributed by atoms with E-state index in [4.69, 9.17) is 9.51 Å². The number of rotatable bonds is 9. The van der Waals surface area contributed by atoms with Crippen LogP contribution in [0.2, 0.25) is 0 Å². The van der Waals surface area contributed by atoms with E-state index >= 15 is 0 Å². The molecule has 0 atom stereocenters. The number of nitrogens with zero attached hydrogens (tertiary/aromatic N) is 5. The summed E-state index contributed by atoms with van der Waals surface area (Å²) in [6, 6.07) is 22.7. The van der Waals surface area contributed by atoms with Crippen LogP contribution in [-0.2, 0) is 23.0 Å². The van der Waals surface area contributed by atoms with Crippen LogP contribution in [0.4, 0.5) is 5.82 Å². The number of benzene rings is 3. The van der Waals surface area contributed by atoms with Crippen molar-refractivity contribution in [2.75, 3.05) is 4.72 Å². The van der Waals surface area contributed by atoms with Crippen molar-refractivity contribution >= 4 is 37.8 Å². The van der Waals surface area contributed by atoms with E-state index in [0.717, 1.165) is 52.6 Å². The molecule has 0 saturated carbocycles. The van der Waals surface area contributed by atoms with Gasteiger partial charge in [-0.05, 0) is 62.2 Å². The zero-order valence-corrected chi connectivity index (χ0v) is 24.4. The number of nitrogens with one attached hydrogen (secondary N) is 1. The highest BCUT2D eigenvalue weighted by Gasteiger charge is 2.24. The van der Waals surface area contributed by atoms with E-state index in [1.54, 1.807) is 32.0 Å². The van der Waals surface area contributed by atoms with Gasteiger partial charge in [0, 0.05) is 23.6 Å². The van der Waals surface area contributed by atoms with Crippen LogP contribution < -0.4 is 4.72 Å². The molecule has 3 heterocycles. The molecule has 3 aromatic carbocycles. The van der Waals surface area contributed by atoms with Gasteiger partial charge in [-0.1, -0.05) is 48.8 Å². The zero-order valence-electron chi connectivity index (χ0n) is 23.6. The number of hydrogen-bond donors (Lipinski definition) is 1. The average Bonchev–Trinajstić information content (AvgIpc) is 3.65. The Morgan fingerprint density at radius 1 is 1.02 bits per heavy atom. The molecule has 0 aliphatic heterocycles. The summed E-state index contributed by atoms with van der Waals surface area (Å²) in [6.07, 6.45) is 4.86. The van der Waals surface area contributed by atoms with E-state index in [-0.39, 0.29) is 10.7 Å². The fourth-order valence-corrected chi connectivity index (χ4v) is 6.53. The third kappa shape index (κ3) is 4.82. The molecule has 0 bridgehead atoms. The number of nitriles is 1. The fourth-order valence-electron chi connectivity index (χ4n) is 5.28. The van der Waals surface area contributed by atoms with Gasteiger partial charge < -0.3 is 13.7 Å². The molecule has 0 aliphatic carbocycles. The Bertz CT molecular complexity index is 2100. The minimum Gasteiger partial charge on any atom is -0.359 e. The number of sulfonamides is 1. The molecule has 6 rings (SSSR count). The zero-order chi connectivity index (χ0) is 29.4. The van der Waals surface area contributed by atoms with Crippen molar-refractivity contribution in [3.63, 3.8) is 0 Å². The largest absolute Gasteiger partial charge is 0.359 e. The highest BCUT2D eigenvalue weighted by atomic mass is 32.2. The van der Waals surface area contributed by atoms with Crippen LogP contribution in [0.1, 0.15) is 48.0 Å². The number of fused-ring (bicyclic) bond motifs is 2. The Morgan fingerprint density at radius 3 is 2.57 bits per heavy atom. The van der Waals surface area contributed by atoms with Crippen LogP contribution >= 0.6 is 0 Å². The van der Waals surface area contributed by atoms with E-state index in [9.17, 15) is 13.7 Å². The lowest BCUT2D eigenvalue weighted by molar-refractivity contribution is 0.399. The first-order valence-corrected chi connectivity index (χ1v) is 15.3. The standard InChI is InChI=1S/C32H30N6O3S/c1-4-5-14-31-34-26-17-23(18-33)15-16-28(26)38(31)20-24-19-37(27-11-7-6-10-25(24)27)29-12-8-9-13-30(29)42(39,40)36-32-21(2)22(3)41-35-32/h6-13,15-17,19H,4-5,14,20H2,1-3H3,(H,35,36). The van der Waals surface area contributed by atoms with Gasteiger partial charge in [0.05, 0.1) is 40.4 Å². The normalized spacial score (nSPS) is 11.8. The van der Waals surface area contributed by atoms with Gasteiger partial charge in [-0.3, -0.25) is 4.72 Å². The molecule has 0 unspecified atom stereocenters. The molecule has 0 fully saturated rings. The highest BCUT2D eigenvalue weighted by Crippen LogP contribution is 2.31. The molecular weight excluding hydrogens is 548 g/mol. The lowest BCUT2D eigenvalue weighted by atomic mass is 10.1. The Kier molecular flexibility index (Phi) is 7.04. The summed E-state index contributed by atoms with van der Waals surface area (Å²) < 4.78 is 39.2. The molecule has 42 heavy (non-hydrogen) atoms. The van der Waals surface area contributed by atoms with Crippen molar-refractivity contribution in [3.8, 4) is 11.8 Å². The maximum atomic E-state index is 13.7. The lowest BCUT2D eigenvalue weighted by Gasteiger charge is -2.13. The summed E-state index contributed by atoms with van der Waals surface area (Å²) in [4.78, 5) is 5.02. The van der Waals surface area contributed by atoms with Crippen LogP contribution in [-0.4, -0.2) is 27.7 Å². The minimum atomic E-state index is -4.00. The number of anilines is 1. The minimum absolute atomic E-state index is 0.123. The molecule has 10 heteroatoms. The quantitative estimate of drug-likeness (QED) is 0.205. The van der Waals surface area contributed by atoms with Gasteiger partial charge in [-0.25, -0.2) is 13.4 Å². The second kappa shape index (κ2) is 10.8. The van der Waals surface area contributed by atoms with Gasteiger partial charge in [0.2, 0.25) is 0 Å². The first-order valence-electron chi connectivity index (χ1n) is 13.8. The monoisotopic (exact) mass is 578 g/mol. The van der Waals surface area contributed by atoms with E-state index in [2.05, 4.69) is 33.5 Å². The molecule has 0 aliphatic rings. The predicted molar refractivity (Wildman–Crippen MR) is 162 cm³/mol. The highest BCUT2D eigenvalue weighted by molar-refractivity contribution is 7.92. The van der Waals surface area contributed by atoms with Gasteiger partial charge in [0.1, 0.15) is 16.5 Å². The topological polar surface area (TPSA) is 119 Å².